The summed E-state index contributed by atoms with van der Waals surface area (Å²) in [6, 6.07) is 5.26. The van der Waals surface area contributed by atoms with Crippen molar-refractivity contribution in [2.45, 2.75) is 27.3 Å². The number of amides is 1. The monoisotopic (exact) mass is 317 g/mol. The summed E-state index contributed by atoms with van der Waals surface area (Å²) in [6.07, 6.45) is 0. The standard InChI is InChI=1S/C17H23N3O3/c1-11-12(2)19-20(13(11)3)10-9-18-17(21)16-14(22-4)7-6-8-15(16)23-5/h6-8H,9-10H2,1-5H3,(H,18,21). The Morgan fingerprint density at radius 2 is 1.78 bits per heavy atom. The first-order valence-electron chi connectivity index (χ1n) is 7.49. The van der Waals surface area contributed by atoms with Crippen molar-refractivity contribution in [2.75, 3.05) is 20.8 Å². The summed E-state index contributed by atoms with van der Waals surface area (Å²) in [5, 5.41) is 7.36. The molecule has 6 nitrogen and oxygen atoms in total. The van der Waals surface area contributed by atoms with Gasteiger partial charge in [0.2, 0.25) is 0 Å². The van der Waals surface area contributed by atoms with E-state index in [9.17, 15) is 4.79 Å². The molecule has 0 radical (unpaired) electrons. The summed E-state index contributed by atoms with van der Waals surface area (Å²) < 4.78 is 12.4. The Kier molecular flexibility index (Phi) is 5.26. The van der Waals surface area contributed by atoms with Crippen molar-refractivity contribution in [1.82, 2.24) is 15.1 Å². The molecule has 0 atom stereocenters. The van der Waals surface area contributed by atoms with E-state index in [1.54, 1.807) is 18.2 Å². The van der Waals surface area contributed by atoms with Gasteiger partial charge in [-0.3, -0.25) is 9.48 Å². The van der Waals surface area contributed by atoms with Crippen molar-refractivity contribution in [3.05, 3.63) is 40.7 Å². The topological polar surface area (TPSA) is 65.4 Å². The van der Waals surface area contributed by atoms with Crippen molar-refractivity contribution < 1.29 is 14.3 Å². The summed E-state index contributed by atoms with van der Waals surface area (Å²) >= 11 is 0. The van der Waals surface area contributed by atoms with Crippen LogP contribution in [0.1, 0.15) is 27.3 Å². The van der Waals surface area contributed by atoms with Gasteiger partial charge in [0, 0.05) is 12.2 Å². The zero-order chi connectivity index (χ0) is 17.0. The Morgan fingerprint density at radius 3 is 2.26 bits per heavy atom. The molecule has 1 N–H and O–H groups in total. The van der Waals surface area contributed by atoms with Crippen molar-refractivity contribution in [1.29, 1.82) is 0 Å². The Labute approximate surface area is 136 Å². The molecule has 0 fully saturated rings. The molecule has 0 saturated carbocycles. The van der Waals surface area contributed by atoms with E-state index in [1.807, 2.05) is 25.5 Å². The first kappa shape index (κ1) is 16.9. The van der Waals surface area contributed by atoms with Gasteiger partial charge in [-0.05, 0) is 38.5 Å². The van der Waals surface area contributed by atoms with Gasteiger partial charge in [-0.15, -0.1) is 0 Å². The van der Waals surface area contributed by atoms with E-state index in [0.717, 1.165) is 11.4 Å². The molecule has 2 aromatic rings. The lowest BCUT2D eigenvalue weighted by atomic mass is 10.1. The number of nitrogens with zero attached hydrogens (tertiary/aromatic N) is 2. The third-order valence-electron chi connectivity index (χ3n) is 4.01. The highest BCUT2D eigenvalue weighted by Crippen LogP contribution is 2.27. The smallest absolute Gasteiger partial charge is 0.258 e. The number of nitrogens with one attached hydrogen (secondary N) is 1. The molecule has 124 valence electrons. The Morgan fingerprint density at radius 1 is 1.17 bits per heavy atom. The van der Waals surface area contributed by atoms with Crippen LogP contribution in [-0.2, 0) is 6.54 Å². The molecule has 0 aliphatic rings. The van der Waals surface area contributed by atoms with Gasteiger partial charge < -0.3 is 14.8 Å². The second kappa shape index (κ2) is 7.17. The summed E-state index contributed by atoms with van der Waals surface area (Å²) in [4.78, 5) is 12.5. The zero-order valence-corrected chi connectivity index (χ0v) is 14.3. The van der Waals surface area contributed by atoms with Gasteiger partial charge in [-0.1, -0.05) is 6.07 Å². The van der Waals surface area contributed by atoms with Gasteiger partial charge in [-0.25, -0.2) is 0 Å². The van der Waals surface area contributed by atoms with Crippen LogP contribution in [0.5, 0.6) is 11.5 Å². The summed E-state index contributed by atoms with van der Waals surface area (Å²) in [7, 11) is 3.06. The number of benzene rings is 1. The Bertz CT molecular complexity index is 685. The van der Waals surface area contributed by atoms with E-state index in [1.165, 1.54) is 19.8 Å². The molecular weight excluding hydrogens is 294 g/mol. The first-order chi connectivity index (χ1) is 11.0. The number of aromatic nitrogens is 2. The molecule has 2 rings (SSSR count). The first-order valence-corrected chi connectivity index (χ1v) is 7.49. The lowest BCUT2D eigenvalue weighted by Gasteiger charge is -2.13. The van der Waals surface area contributed by atoms with Crippen molar-refractivity contribution >= 4 is 5.91 Å². The number of carbonyl (C=O) groups is 1. The summed E-state index contributed by atoms with van der Waals surface area (Å²) in [5.41, 5.74) is 3.72. The molecule has 1 amide bonds. The maximum atomic E-state index is 12.5. The van der Waals surface area contributed by atoms with Crippen molar-refractivity contribution in [3.63, 3.8) is 0 Å². The lowest BCUT2D eigenvalue weighted by Crippen LogP contribution is -2.28. The number of carbonyl (C=O) groups excluding carboxylic acids is 1. The Hall–Kier alpha value is -2.50. The van der Waals surface area contributed by atoms with Gasteiger partial charge in [-0.2, -0.15) is 5.10 Å². The molecule has 1 heterocycles. The molecule has 1 aromatic carbocycles. The fraction of sp³-hybridized carbons (Fsp3) is 0.412. The van der Waals surface area contributed by atoms with E-state index >= 15 is 0 Å². The highest BCUT2D eigenvalue weighted by Gasteiger charge is 2.17. The molecule has 23 heavy (non-hydrogen) atoms. The van der Waals surface area contributed by atoms with E-state index in [-0.39, 0.29) is 5.91 Å². The van der Waals surface area contributed by atoms with Crippen LogP contribution in [0.3, 0.4) is 0 Å². The van der Waals surface area contributed by atoms with Gasteiger partial charge in [0.05, 0.1) is 26.5 Å². The predicted molar refractivity (Wildman–Crippen MR) is 88.3 cm³/mol. The number of ether oxygens (including phenoxy) is 2. The molecule has 0 spiro atoms. The van der Waals surface area contributed by atoms with E-state index < -0.39 is 0 Å². The minimum absolute atomic E-state index is 0.224. The molecule has 6 heteroatoms. The van der Waals surface area contributed by atoms with Crippen LogP contribution in [0.4, 0.5) is 0 Å². The van der Waals surface area contributed by atoms with Gasteiger partial charge in [0.15, 0.2) is 0 Å². The molecule has 0 unspecified atom stereocenters. The quantitative estimate of drug-likeness (QED) is 0.887. The number of hydrogen-bond donors (Lipinski definition) is 1. The Balaban J connectivity index is 2.07. The highest BCUT2D eigenvalue weighted by atomic mass is 16.5. The number of aryl methyl sites for hydroxylation is 1. The second-order valence-corrected chi connectivity index (χ2v) is 5.31. The SMILES string of the molecule is COc1cccc(OC)c1C(=O)NCCn1nc(C)c(C)c1C. The third kappa shape index (κ3) is 3.47. The summed E-state index contributed by atoms with van der Waals surface area (Å²) in [6.45, 7) is 7.15. The zero-order valence-electron chi connectivity index (χ0n) is 14.3. The van der Waals surface area contributed by atoms with Crippen LogP contribution in [0.2, 0.25) is 0 Å². The molecule has 0 aliphatic heterocycles. The van der Waals surface area contributed by atoms with Gasteiger partial charge in [0.25, 0.3) is 5.91 Å². The van der Waals surface area contributed by atoms with Crippen LogP contribution >= 0.6 is 0 Å². The number of hydrogen-bond acceptors (Lipinski definition) is 4. The maximum Gasteiger partial charge on any atom is 0.258 e. The average molecular weight is 317 g/mol. The fourth-order valence-electron chi connectivity index (χ4n) is 2.44. The average Bonchev–Trinajstić information content (AvgIpc) is 2.81. The second-order valence-electron chi connectivity index (χ2n) is 5.31. The number of methoxy groups -OCH3 is 2. The third-order valence-corrected chi connectivity index (χ3v) is 4.01. The highest BCUT2D eigenvalue weighted by molar-refractivity contribution is 5.99. The van der Waals surface area contributed by atoms with Gasteiger partial charge >= 0.3 is 0 Å². The van der Waals surface area contributed by atoms with Crippen molar-refractivity contribution in [2.24, 2.45) is 0 Å². The largest absolute Gasteiger partial charge is 0.496 e. The van der Waals surface area contributed by atoms with E-state index in [4.69, 9.17) is 9.47 Å². The normalized spacial score (nSPS) is 10.5. The predicted octanol–water partition coefficient (Wildman–Crippen LogP) is 2.26. The van der Waals surface area contributed by atoms with Gasteiger partial charge in [0.1, 0.15) is 17.1 Å². The molecule has 1 aromatic heterocycles. The minimum Gasteiger partial charge on any atom is -0.496 e. The lowest BCUT2D eigenvalue weighted by molar-refractivity contribution is 0.0945. The van der Waals surface area contributed by atoms with Crippen LogP contribution < -0.4 is 14.8 Å². The van der Waals surface area contributed by atoms with Crippen LogP contribution in [0, 0.1) is 20.8 Å². The summed E-state index contributed by atoms with van der Waals surface area (Å²) in [5.74, 6) is 0.755. The minimum atomic E-state index is -0.224. The maximum absolute atomic E-state index is 12.5. The molecule has 0 bridgehead atoms. The van der Waals surface area contributed by atoms with E-state index in [0.29, 0.717) is 30.2 Å². The fourth-order valence-corrected chi connectivity index (χ4v) is 2.44. The van der Waals surface area contributed by atoms with Crippen LogP contribution in [0.25, 0.3) is 0 Å². The molecule has 0 aliphatic carbocycles. The van der Waals surface area contributed by atoms with Crippen LogP contribution in [-0.4, -0.2) is 36.5 Å². The molecule has 0 saturated heterocycles. The van der Waals surface area contributed by atoms with E-state index in [2.05, 4.69) is 10.4 Å². The van der Waals surface area contributed by atoms with Crippen LogP contribution in [0.15, 0.2) is 18.2 Å². The number of rotatable bonds is 6. The molecular formula is C17H23N3O3. The van der Waals surface area contributed by atoms with Crippen molar-refractivity contribution in [3.8, 4) is 11.5 Å².